The number of hydrogen-bond acceptors (Lipinski definition) is 4. The average Bonchev–Trinajstić information content (AvgIpc) is 3.04. The molecule has 0 radical (unpaired) electrons. The van der Waals surface area contributed by atoms with Crippen LogP contribution in [-0.2, 0) is 20.7 Å². The summed E-state index contributed by atoms with van der Waals surface area (Å²) < 4.78 is 5.00. The minimum atomic E-state index is -0.672. The van der Waals surface area contributed by atoms with Crippen LogP contribution >= 0.6 is 0 Å². The highest BCUT2D eigenvalue weighted by atomic mass is 16.5. The lowest BCUT2D eigenvalue weighted by Gasteiger charge is -2.40. The van der Waals surface area contributed by atoms with Gasteiger partial charge in [0.2, 0.25) is 5.91 Å². The summed E-state index contributed by atoms with van der Waals surface area (Å²) in [7, 11) is 1.35. The van der Waals surface area contributed by atoms with Gasteiger partial charge in [0, 0.05) is 42.3 Å². The van der Waals surface area contributed by atoms with Crippen LogP contribution in [0.2, 0.25) is 0 Å². The Morgan fingerprint density at radius 3 is 2.73 bits per heavy atom. The highest BCUT2D eigenvalue weighted by Crippen LogP contribution is 2.40. The molecule has 0 saturated heterocycles. The first kappa shape index (κ1) is 16.3. The number of nitrogens with one attached hydrogen (secondary N) is 1. The molecule has 0 fully saturated rings. The minimum absolute atomic E-state index is 0.182. The van der Waals surface area contributed by atoms with Crippen LogP contribution in [0, 0.1) is 0 Å². The lowest BCUT2D eigenvalue weighted by Crippen LogP contribution is -2.51. The number of esters is 1. The molecule has 1 aromatic carbocycles. The molecule has 0 saturated carbocycles. The Labute approximate surface area is 150 Å². The third-order valence-electron chi connectivity index (χ3n) is 4.97. The molecule has 3 heterocycles. The molecule has 1 amide bonds. The number of rotatable bonds is 2. The number of H-pyrrole nitrogens is 1. The molecule has 1 aliphatic rings. The molecular formula is C20H19N3O3. The first-order valence-corrected chi connectivity index (χ1v) is 8.48. The molecular weight excluding hydrogens is 330 g/mol. The van der Waals surface area contributed by atoms with Gasteiger partial charge in [0.1, 0.15) is 6.04 Å². The summed E-state index contributed by atoms with van der Waals surface area (Å²) in [6.45, 7) is 1.48. The molecule has 26 heavy (non-hydrogen) atoms. The standard InChI is InChI=1S/C20H19N3O3/c1-12(24)23-17(20(25)26-2)10-15-14-7-3-4-8-16(14)22-18(15)19(23)13-6-5-9-21-11-13/h3-9,11,17,19,22H,10H2,1-2H3/t17-,19?/m0/s1. The van der Waals surface area contributed by atoms with E-state index in [1.807, 2.05) is 36.4 Å². The van der Waals surface area contributed by atoms with Gasteiger partial charge in [-0.15, -0.1) is 0 Å². The van der Waals surface area contributed by atoms with Crippen molar-refractivity contribution in [3.05, 3.63) is 65.6 Å². The fourth-order valence-electron chi connectivity index (χ4n) is 3.88. The summed E-state index contributed by atoms with van der Waals surface area (Å²) in [6.07, 6.45) is 3.84. The van der Waals surface area contributed by atoms with E-state index in [9.17, 15) is 9.59 Å². The fourth-order valence-corrected chi connectivity index (χ4v) is 3.88. The predicted octanol–water partition coefficient (Wildman–Crippen LogP) is 2.60. The second kappa shape index (κ2) is 6.29. The van der Waals surface area contributed by atoms with Gasteiger partial charge in [0.25, 0.3) is 0 Å². The number of fused-ring (bicyclic) bond motifs is 3. The molecule has 1 N–H and O–H groups in total. The first-order chi connectivity index (χ1) is 12.6. The van der Waals surface area contributed by atoms with Crippen molar-refractivity contribution in [2.45, 2.75) is 25.4 Å². The summed E-state index contributed by atoms with van der Waals surface area (Å²) in [5.41, 5.74) is 3.81. The highest BCUT2D eigenvalue weighted by Gasteiger charge is 2.42. The number of hydrogen-bond donors (Lipinski definition) is 1. The molecule has 2 aromatic heterocycles. The summed E-state index contributed by atoms with van der Waals surface area (Å²) in [5.74, 6) is -0.594. The van der Waals surface area contributed by atoms with Gasteiger partial charge in [-0.05, 0) is 23.3 Å². The largest absolute Gasteiger partial charge is 0.467 e. The van der Waals surface area contributed by atoms with Crippen molar-refractivity contribution in [1.82, 2.24) is 14.9 Å². The van der Waals surface area contributed by atoms with Crippen molar-refractivity contribution in [2.75, 3.05) is 7.11 Å². The Morgan fingerprint density at radius 1 is 1.23 bits per heavy atom. The van der Waals surface area contributed by atoms with Crippen molar-refractivity contribution >= 4 is 22.8 Å². The third kappa shape index (κ3) is 2.45. The van der Waals surface area contributed by atoms with E-state index < -0.39 is 18.1 Å². The van der Waals surface area contributed by atoms with Crippen LogP contribution < -0.4 is 0 Å². The van der Waals surface area contributed by atoms with Crippen molar-refractivity contribution in [3.63, 3.8) is 0 Å². The number of nitrogens with zero attached hydrogens (tertiary/aromatic N) is 2. The molecule has 132 valence electrons. The predicted molar refractivity (Wildman–Crippen MR) is 96.4 cm³/mol. The summed E-state index contributed by atoms with van der Waals surface area (Å²) in [4.78, 5) is 34.3. The number of benzene rings is 1. The number of aromatic amines is 1. The topological polar surface area (TPSA) is 75.3 Å². The Hall–Kier alpha value is -3.15. The average molecular weight is 349 g/mol. The first-order valence-electron chi connectivity index (χ1n) is 8.48. The van der Waals surface area contributed by atoms with Crippen molar-refractivity contribution < 1.29 is 14.3 Å². The molecule has 1 aliphatic heterocycles. The van der Waals surface area contributed by atoms with Crippen molar-refractivity contribution in [2.24, 2.45) is 0 Å². The van der Waals surface area contributed by atoms with Crippen LogP contribution in [0.25, 0.3) is 10.9 Å². The second-order valence-electron chi connectivity index (χ2n) is 6.42. The van der Waals surface area contributed by atoms with Gasteiger partial charge >= 0.3 is 5.97 Å². The number of ether oxygens (including phenoxy) is 1. The Kier molecular flexibility index (Phi) is 3.95. The number of aromatic nitrogens is 2. The van der Waals surface area contributed by atoms with Gasteiger partial charge in [0.15, 0.2) is 0 Å². The molecule has 1 unspecified atom stereocenters. The second-order valence-corrected chi connectivity index (χ2v) is 6.42. The zero-order valence-electron chi connectivity index (χ0n) is 14.6. The van der Waals surface area contributed by atoms with Gasteiger partial charge in [-0.1, -0.05) is 24.3 Å². The molecule has 4 rings (SSSR count). The van der Waals surface area contributed by atoms with Crippen LogP contribution in [-0.4, -0.2) is 39.9 Å². The number of pyridine rings is 1. The molecule has 0 spiro atoms. The number of carbonyl (C=O) groups is 2. The molecule has 0 aliphatic carbocycles. The normalized spacial score (nSPS) is 19.2. The monoisotopic (exact) mass is 349 g/mol. The maximum Gasteiger partial charge on any atom is 0.328 e. The van der Waals surface area contributed by atoms with E-state index >= 15 is 0 Å². The quantitative estimate of drug-likeness (QED) is 0.722. The van der Waals surface area contributed by atoms with Crippen LogP contribution in [0.1, 0.15) is 29.8 Å². The van der Waals surface area contributed by atoms with Crippen LogP contribution in [0.4, 0.5) is 0 Å². The van der Waals surface area contributed by atoms with E-state index in [2.05, 4.69) is 9.97 Å². The van der Waals surface area contributed by atoms with E-state index in [1.54, 1.807) is 17.3 Å². The summed E-state index contributed by atoms with van der Waals surface area (Å²) >= 11 is 0. The third-order valence-corrected chi connectivity index (χ3v) is 4.97. The Morgan fingerprint density at radius 2 is 2.04 bits per heavy atom. The lowest BCUT2D eigenvalue weighted by molar-refractivity contribution is -0.154. The van der Waals surface area contributed by atoms with Gasteiger partial charge in [-0.25, -0.2) is 4.79 Å². The number of para-hydroxylation sites is 1. The highest BCUT2D eigenvalue weighted by molar-refractivity contribution is 5.90. The Balaban J connectivity index is 1.98. The Bertz CT molecular complexity index is 980. The van der Waals surface area contributed by atoms with Gasteiger partial charge in [-0.2, -0.15) is 0 Å². The molecule has 3 aromatic rings. The maximum atomic E-state index is 12.5. The van der Waals surface area contributed by atoms with E-state index in [0.717, 1.165) is 27.7 Å². The van der Waals surface area contributed by atoms with Crippen molar-refractivity contribution in [1.29, 1.82) is 0 Å². The number of amides is 1. The fraction of sp³-hybridized carbons (Fsp3) is 0.250. The van der Waals surface area contributed by atoms with E-state index in [-0.39, 0.29) is 5.91 Å². The maximum absolute atomic E-state index is 12.5. The van der Waals surface area contributed by atoms with Gasteiger partial charge in [0.05, 0.1) is 13.2 Å². The van der Waals surface area contributed by atoms with Gasteiger partial charge < -0.3 is 14.6 Å². The van der Waals surface area contributed by atoms with Crippen LogP contribution in [0.3, 0.4) is 0 Å². The van der Waals surface area contributed by atoms with Crippen molar-refractivity contribution in [3.8, 4) is 0 Å². The molecule has 6 nitrogen and oxygen atoms in total. The molecule has 0 bridgehead atoms. The lowest BCUT2D eigenvalue weighted by atomic mass is 9.88. The van der Waals surface area contributed by atoms with Crippen LogP contribution in [0.5, 0.6) is 0 Å². The summed E-state index contributed by atoms with van der Waals surface area (Å²) in [5, 5.41) is 1.06. The zero-order chi connectivity index (χ0) is 18.3. The molecule has 6 heteroatoms. The van der Waals surface area contributed by atoms with Gasteiger partial charge in [-0.3, -0.25) is 9.78 Å². The number of methoxy groups -OCH3 is 1. The SMILES string of the molecule is COC(=O)[C@@H]1Cc2c([nH]c3ccccc23)C(c2cccnc2)N1C(C)=O. The minimum Gasteiger partial charge on any atom is -0.467 e. The smallest absolute Gasteiger partial charge is 0.328 e. The van der Waals surface area contributed by atoms with E-state index in [1.165, 1.54) is 14.0 Å². The van der Waals surface area contributed by atoms with E-state index in [0.29, 0.717) is 6.42 Å². The zero-order valence-corrected chi connectivity index (χ0v) is 14.6. The van der Waals surface area contributed by atoms with E-state index in [4.69, 9.17) is 4.74 Å². The number of carbonyl (C=O) groups excluding carboxylic acids is 2. The van der Waals surface area contributed by atoms with Crippen LogP contribution in [0.15, 0.2) is 48.8 Å². The molecule has 2 atom stereocenters. The summed E-state index contributed by atoms with van der Waals surface area (Å²) in [6, 6.07) is 10.6.